The molecule has 1 rings (SSSR count). The first kappa shape index (κ1) is 13.6. The highest BCUT2D eigenvalue weighted by molar-refractivity contribution is 5.35. The number of hydrogen-bond donors (Lipinski definition) is 2. The molecule has 0 saturated heterocycles. The zero-order valence-corrected chi connectivity index (χ0v) is 9.22. The number of alkyl halides is 3. The Morgan fingerprint density at radius 2 is 2.18 bits per heavy atom. The van der Waals surface area contributed by atoms with Gasteiger partial charge in [0.15, 0.2) is 0 Å². The largest absolute Gasteiger partial charge is 0.389 e. The summed E-state index contributed by atoms with van der Waals surface area (Å²) in [4.78, 5) is 0. The van der Waals surface area contributed by atoms with Gasteiger partial charge in [-0.25, -0.2) is 0 Å². The lowest BCUT2D eigenvalue weighted by Gasteiger charge is -2.20. The summed E-state index contributed by atoms with van der Waals surface area (Å²) in [5, 5.41) is 11.5. The molecule has 3 N–H and O–H groups in total. The third-order valence-electron chi connectivity index (χ3n) is 2.41. The molecule has 1 aliphatic carbocycles. The first-order valence-corrected chi connectivity index (χ1v) is 5.29. The van der Waals surface area contributed by atoms with E-state index in [-0.39, 0.29) is 19.0 Å². The van der Waals surface area contributed by atoms with E-state index >= 15 is 0 Å². The molecular formula is C11H14F3N3. The first-order chi connectivity index (χ1) is 7.92. The lowest BCUT2D eigenvalue weighted by atomic mass is 9.99. The van der Waals surface area contributed by atoms with E-state index < -0.39 is 12.6 Å². The standard InChI is InChI=1S/C11H14F3N3/c12-11(13,14)4-1-5-17-10-3-2-8(7-15)6-9(10)16/h2-3,9,17H,1,4-6,16H2. The Labute approximate surface area is 97.8 Å². The van der Waals surface area contributed by atoms with Crippen molar-refractivity contribution in [2.75, 3.05) is 6.54 Å². The van der Waals surface area contributed by atoms with Gasteiger partial charge in [-0.3, -0.25) is 0 Å². The van der Waals surface area contributed by atoms with E-state index in [4.69, 9.17) is 11.0 Å². The van der Waals surface area contributed by atoms with Crippen LogP contribution in [0.25, 0.3) is 0 Å². The summed E-state index contributed by atoms with van der Waals surface area (Å²) < 4.78 is 35.6. The Kier molecular flexibility index (Phi) is 4.58. The fourth-order valence-electron chi connectivity index (χ4n) is 1.52. The van der Waals surface area contributed by atoms with Crippen molar-refractivity contribution in [1.29, 1.82) is 5.26 Å². The van der Waals surface area contributed by atoms with E-state index in [1.54, 1.807) is 12.2 Å². The molecule has 0 aliphatic heterocycles. The molecule has 0 amide bonds. The van der Waals surface area contributed by atoms with Gasteiger partial charge >= 0.3 is 6.18 Å². The fourth-order valence-corrected chi connectivity index (χ4v) is 1.52. The van der Waals surface area contributed by atoms with Gasteiger partial charge in [0.25, 0.3) is 0 Å². The van der Waals surface area contributed by atoms with E-state index in [1.165, 1.54) is 0 Å². The van der Waals surface area contributed by atoms with Crippen LogP contribution in [0.15, 0.2) is 23.4 Å². The molecule has 0 aromatic rings. The second kappa shape index (κ2) is 5.73. The van der Waals surface area contributed by atoms with Crippen molar-refractivity contribution in [3.63, 3.8) is 0 Å². The highest BCUT2D eigenvalue weighted by Crippen LogP contribution is 2.21. The van der Waals surface area contributed by atoms with Crippen LogP contribution in [0.1, 0.15) is 19.3 Å². The van der Waals surface area contributed by atoms with Crippen LogP contribution in [0.2, 0.25) is 0 Å². The summed E-state index contributed by atoms with van der Waals surface area (Å²) in [6.45, 7) is 0.231. The number of hydrogen-bond acceptors (Lipinski definition) is 3. The lowest BCUT2D eigenvalue weighted by molar-refractivity contribution is -0.135. The molecule has 0 aromatic heterocycles. The van der Waals surface area contributed by atoms with E-state index in [0.29, 0.717) is 17.7 Å². The normalized spacial score (nSPS) is 20.3. The van der Waals surface area contributed by atoms with Gasteiger partial charge in [0.1, 0.15) is 0 Å². The predicted octanol–water partition coefficient (Wildman–Crippen LogP) is 1.98. The Morgan fingerprint density at radius 1 is 1.47 bits per heavy atom. The van der Waals surface area contributed by atoms with Gasteiger partial charge in [-0.05, 0) is 18.6 Å². The van der Waals surface area contributed by atoms with E-state index in [1.807, 2.05) is 6.07 Å². The van der Waals surface area contributed by atoms with Crippen molar-refractivity contribution in [3.8, 4) is 6.07 Å². The maximum absolute atomic E-state index is 11.9. The number of halogens is 3. The van der Waals surface area contributed by atoms with Crippen LogP contribution in [0.5, 0.6) is 0 Å². The second-order valence-electron chi connectivity index (χ2n) is 3.88. The smallest absolute Gasteiger partial charge is 0.387 e. The molecule has 0 saturated carbocycles. The molecule has 0 radical (unpaired) electrons. The number of rotatable bonds is 4. The molecule has 0 spiro atoms. The highest BCUT2D eigenvalue weighted by atomic mass is 19.4. The summed E-state index contributed by atoms with van der Waals surface area (Å²) in [5.41, 5.74) is 7.04. The summed E-state index contributed by atoms with van der Waals surface area (Å²) in [6, 6.07) is 1.67. The van der Waals surface area contributed by atoms with Crippen molar-refractivity contribution < 1.29 is 13.2 Å². The van der Waals surface area contributed by atoms with E-state index in [9.17, 15) is 13.2 Å². The van der Waals surface area contributed by atoms with E-state index in [2.05, 4.69) is 5.32 Å². The van der Waals surface area contributed by atoms with Crippen molar-refractivity contribution in [3.05, 3.63) is 23.4 Å². The highest BCUT2D eigenvalue weighted by Gasteiger charge is 2.26. The summed E-state index contributed by atoms with van der Waals surface area (Å²) in [6.07, 6.45) is -1.19. The number of nitrogens with two attached hydrogens (primary N) is 1. The first-order valence-electron chi connectivity index (χ1n) is 5.29. The zero-order valence-electron chi connectivity index (χ0n) is 9.22. The van der Waals surface area contributed by atoms with Crippen LogP contribution in [-0.2, 0) is 0 Å². The van der Waals surface area contributed by atoms with Crippen molar-refractivity contribution in [2.45, 2.75) is 31.5 Å². The molecule has 1 aliphatic rings. The van der Waals surface area contributed by atoms with Crippen molar-refractivity contribution >= 4 is 0 Å². The number of nitrogens with one attached hydrogen (secondary N) is 1. The molecule has 1 unspecified atom stereocenters. The minimum absolute atomic E-state index is 0.0163. The SMILES string of the molecule is N#CC1=CC=C(NCCCC(F)(F)F)C(N)C1. The van der Waals surface area contributed by atoms with Gasteiger partial charge in [-0.1, -0.05) is 0 Å². The van der Waals surface area contributed by atoms with Gasteiger partial charge < -0.3 is 11.1 Å². The number of allylic oxidation sites excluding steroid dienone is 2. The maximum Gasteiger partial charge on any atom is 0.389 e. The molecule has 1 atom stereocenters. The third kappa shape index (κ3) is 4.91. The Hall–Kier alpha value is -1.48. The van der Waals surface area contributed by atoms with Gasteiger partial charge in [-0.2, -0.15) is 18.4 Å². The molecular weight excluding hydrogens is 231 g/mol. The van der Waals surface area contributed by atoms with Crippen molar-refractivity contribution in [1.82, 2.24) is 5.32 Å². The molecule has 3 nitrogen and oxygen atoms in total. The molecule has 0 bridgehead atoms. The molecule has 0 heterocycles. The second-order valence-corrected chi connectivity index (χ2v) is 3.88. The average molecular weight is 245 g/mol. The van der Waals surface area contributed by atoms with Crippen LogP contribution in [0, 0.1) is 11.3 Å². The van der Waals surface area contributed by atoms with Gasteiger partial charge in [-0.15, -0.1) is 0 Å². The van der Waals surface area contributed by atoms with Crippen LogP contribution in [0.4, 0.5) is 13.2 Å². The van der Waals surface area contributed by atoms with Crippen LogP contribution >= 0.6 is 0 Å². The van der Waals surface area contributed by atoms with Crippen LogP contribution in [-0.4, -0.2) is 18.8 Å². The summed E-state index contributed by atoms with van der Waals surface area (Å²) in [7, 11) is 0. The minimum atomic E-state index is -4.11. The number of nitrogens with zero attached hydrogens (tertiary/aromatic N) is 1. The predicted molar refractivity (Wildman–Crippen MR) is 57.7 cm³/mol. The monoisotopic (exact) mass is 245 g/mol. The van der Waals surface area contributed by atoms with Gasteiger partial charge in [0, 0.05) is 36.7 Å². The summed E-state index contributed by atoms with van der Waals surface area (Å²) in [5.74, 6) is 0. The molecule has 17 heavy (non-hydrogen) atoms. The zero-order chi connectivity index (χ0) is 12.9. The van der Waals surface area contributed by atoms with Crippen LogP contribution < -0.4 is 11.1 Å². The van der Waals surface area contributed by atoms with Crippen molar-refractivity contribution in [2.24, 2.45) is 5.73 Å². The molecule has 94 valence electrons. The summed E-state index contributed by atoms with van der Waals surface area (Å²) >= 11 is 0. The Bertz CT molecular complexity index is 363. The Balaban J connectivity index is 2.35. The quantitative estimate of drug-likeness (QED) is 0.744. The number of nitriles is 1. The molecule has 0 aromatic carbocycles. The van der Waals surface area contributed by atoms with Gasteiger partial charge in [0.2, 0.25) is 0 Å². The van der Waals surface area contributed by atoms with Gasteiger partial charge in [0.05, 0.1) is 6.07 Å². The molecule has 0 fully saturated rings. The fraction of sp³-hybridized carbons (Fsp3) is 0.545. The lowest BCUT2D eigenvalue weighted by Crippen LogP contribution is -2.33. The third-order valence-corrected chi connectivity index (χ3v) is 2.41. The van der Waals surface area contributed by atoms with Crippen LogP contribution in [0.3, 0.4) is 0 Å². The Morgan fingerprint density at radius 3 is 2.71 bits per heavy atom. The minimum Gasteiger partial charge on any atom is -0.387 e. The maximum atomic E-state index is 11.9. The topological polar surface area (TPSA) is 61.8 Å². The van der Waals surface area contributed by atoms with E-state index in [0.717, 1.165) is 0 Å². The molecule has 6 heteroatoms. The average Bonchev–Trinajstić information content (AvgIpc) is 2.24.